The molecule has 0 radical (unpaired) electrons. The summed E-state index contributed by atoms with van der Waals surface area (Å²) in [7, 11) is 0. The van der Waals surface area contributed by atoms with Crippen LogP contribution in [0.4, 0.5) is 0 Å². The summed E-state index contributed by atoms with van der Waals surface area (Å²) in [5, 5.41) is 0. The number of aromatic amines is 1. The lowest BCUT2D eigenvalue weighted by Crippen LogP contribution is -2.07. The first-order valence-corrected chi connectivity index (χ1v) is 5.32. The first-order chi connectivity index (χ1) is 7.68. The molecule has 1 N–H and O–H groups in total. The predicted molar refractivity (Wildman–Crippen MR) is 65.3 cm³/mol. The number of nitrogens with one attached hydrogen (secondary N) is 1. The lowest BCUT2D eigenvalue weighted by molar-refractivity contribution is 0.0939. The van der Waals surface area contributed by atoms with Crippen molar-refractivity contribution in [2.75, 3.05) is 0 Å². The third kappa shape index (κ3) is 2.03. The highest BCUT2D eigenvalue weighted by atomic mass is 16.1. The van der Waals surface area contributed by atoms with Gasteiger partial charge in [0.2, 0.25) is 0 Å². The van der Waals surface area contributed by atoms with Gasteiger partial charge in [-0.15, -0.1) is 0 Å². The van der Waals surface area contributed by atoms with Crippen LogP contribution in [-0.2, 0) is 0 Å². The molecule has 1 aromatic carbocycles. The van der Waals surface area contributed by atoms with E-state index < -0.39 is 0 Å². The number of rotatable bonds is 3. The fourth-order valence-electron chi connectivity index (χ4n) is 1.58. The molecule has 0 saturated heterocycles. The van der Waals surface area contributed by atoms with E-state index in [1.54, 1.807) is 12.4 Å². The summed E-state index contributed by atoms with van der Waals surface area (Å²) in [5.74, 6) is 0.971. The second-order valence-corrected chi connectivity index (χ2v) is 4.04. The smallest absolute Gasteiger partial charge is 0.165 e. The van der Waals surface area contributed by atoms with Gasteiger partial charge in [-0.25, -0.2) is 4.98 Å². The van der Waals surface area contributed by atoms with Crippen LogP contribution in [0.25, 0.3) is 11.4 Å². The molecular formula is C13H16N2O. The Kier molecular flexibility index (Phi) is 2.86. The number of hydrogen-bond acceptors (Lipinski definition) is 2. The number of carbonyl (C=O) groups is 1. The molecule has 2 aromatic rings. The zero-order valence-electron chi connectivity index (χ0n) is 9.40. The van der Waals surface area contributed by atoms with Crippen molar-refractivity contribution in [2.24, 2.45) is 5.92 Å². The number of benzene rings is 1. The van der Waals surface area contributed by atoms with Crippen LogP contribution in [0.1, 0.15) is 25.6 Å². The van der Waals surface area contributed by atoms with E-state index in [2.05, 4.69) is 9.97 Å². The van der Waals surface area contributed by atoms with E-state index in [1.165, 1.54) is 0 Å². The Hall–Kier alpha value is -1.90. The van der Waals surface area contributed by atoms with Crippen molar-refractivity contribution in [2.45, 2.75) is 13.8 Å². The van der Waals surface area contributed by atoms with Crippen molar-refractivity contribution in [3.63, 3.8) is 0 Å². The second kappa shape index (κ2) is 4.31. The zero-order chi connectivity index (χ0) is 11.5. The van der Waals surface area contributed by atoms with Gasteiger partial charge in [0.05, 0.1) is 0 Å². The third-order valence-corrected chi connectivity index (χ3v) is 2.44. The van der Waals surface area contributed by atoms with E-state index in [-0.39, 0.29) is 13.1 Å². The van der Waals surface area contributed by atoms with Gasteiger partial charge in [0.1, 0.15) is 5.82 Å². The Balaban J connectivity index is 0.00000144. The van der Waals surface area contributed by atoms with E-state index in [0.29, 0.717) is 0 Å². The molecule has 2 rings (SSSR count). The molecule has 0 aliphatic carbocycles. The van der Waals surface area contributed by atoms with Crippen LogP contribution >= 0.6 is 0 Å². The lowest BCUT2D eigenvalue weighted by Gasteiger charge is -2.05. The number of ketones is 1. The lowest BCUT2D eigenvalue weighted by atomic mass is 9.99. The number of hydrogen-bond donors (Lipinski definition) is 1. The van der Waals surface area contributed by atoms with Gasteiger partial charge in [-0.2, -0.15) is 0 Å². The van der Waals surface area contributed by atoms with Crippen molar-refractivity contribution in [1.29, 1.82) is 0 Å². The Labute approximate surface area is 96.0 Å². The van der Waals surface area contributed by atoms with E-state index >= 15 is 0 Å². The summed E-state index contributed by atoms with van der Waals surface area (Å²) in [6.45, 7) is 3.81. The molecule has 0 saturated carbocycles. The van der Waals surface area contributed by atoms with Crippen molar-refractivity contribution in [3.8, 4) is 11.4 Å². The maximum absolute atomic E-state index is 11.8. The molecule has 0 aliphatic rings. The standard InChI is InChI=1S/C13H14N2O.H2/c1-9(2)12(16)10-4-3-5-11(8-10)13-14-6-7-15-13;/h3-9H,1-2H3,(H,14,15);1H. The molecule has 0 fully saturated rings. The predicted octanol–water partition coefficient (Wildman–Crippen LogP) is 3.16. The van der Waals surface area contributed by atoms with E-state index in [0.717, 1.165) is 17.0 Å². The summed E-state index contributed by atoms with van der Waals surface area (Å²) in [6.07, 6.45) is 3.47. The topological polar surface area (TPSA) is 45.8 Å². The van der Waals surface area contributed by atoms with Crippen molar-refractivity contribution < 1.29 is 6.22 Å². The first kappa shape index (κ1) is 10.6. The fraction of sp³-hybridized carbons (Fsp3) is 0.231. The minimum Gasteiger partial charge on any atom is -0.345 e. The van der Waals surface area contributed by atoms with Crippen LogP contribution in [0.5, 0.6) is 0 Å². The van der Waals surface area contributed by atoms with Gasteiger partial charge < -0.3 is 4.98 Å². The average Bonchev–Trinajstić information content (AvgIpc) is 2.81. The first-order valence-electron chi connectivity index (χ1n) is 5.32. The molecule has 0 aliphatic heterocycles. The quantitative estimate of drug-likeness (QED) is 0.801. The Morgan fingerprint density at radius 2 is 2.25 bits per heavy atom. The molecule has 0 spiro atoms. The SMILES string of the molecule is CC(C)C(=O)c1cccc(-c2ncc[nH]2)c1.[HH]. The molecule has 0 unspecified atom stereocenters. The average molecular weight is 216 g/mol. The van der Waals surface area contributed by atoms with Crippen LogP contribution < -0.4 is 0 Å². The Bertz CT molecular complexity index is 492. The molecule has 3 nitrogen and oxygen atoms in total. The minimum absolute atomic E-state index is 0. The van der Waals surface area contributed by atoms with Gasteiger partial charge in [-0.3, -0.25) is 4.79 Å². The fourth-order valence-corrected chi connectivity index (χ4v) is 1.58. The number of carbonyl (C=O) groups excluding carboxylic acids is 1. The van der Waals surface area contributed by atoms with Crippen LogP contribution in [0.3, 0.4) is 0 Å². The molecule has 3 heteroatoms. The van der Waals surface area contributed by atoms with Crippen molar-refractivity contribution >= 4 is 5.78 Å². The number of aromatic nitrogens is 2. The summed E-state index contributed by atoms with van der Waals surface area (Å²) < 4.78 is 0. The van der Waals surface area contributed by atoms with Crippen LogP contribution in [0.2, 0.25) is 0 Å². The molecule has 1 aromatic heterocycles. The largest absolute Gasteiger partial charge is 0.345 e. The van der Waals surface area contributed by atoms with E-state index in [9.17, 15) is 4.79 Å². The van der Waals surface area contributed by atoms with Gasteiger partial charge in [-0.05, 0) is 6.07 Å². The minimum atomic E-state index is 0. The maximum Gasteiger partial charge on any atom is 0.165 e. The summed E-state index contributed by atoms with van der Waals surface area (Å²) in [4.78, 5) is 19.0. The van der Waals surface area contributed by atoms with Crippen LogP contribution in [0.15, 0.2) is 36.7 Å². The van der Waals surface area contributed by atoms with Crippen molar-refractivity contribution in [1.82, 2.24) is 9.97 Å². The van der Waals surface area contributed by atoms with Gasteiger partial charge in [0, 0.05) is 30.9 Å². The highest BCUT2D eigenvalue weighted by molar-refractivity contribution is 5.98. The Morgan fingerprint density at radius 1 is 1.44 bits per heavy atom. The molecule has 1 heterocycles. The Morgan fingerprint density at radius 3 is 2.88 bits per heavy atom. The highest BCUT2D eigenvalue weighted by Crippen LogP contribution is 2.18. The molecule has 0 amide bonds. The van der Waals surface area contributed by atoms with Gasteiger partial charge >= 0.3 is 0 Å². The number of H-pyrrole nitrogens is 1. The monoisotopic (exact) mass is 216 g/mol. The van der Waals surface area contributed by atoms with Gasteiger partial charge in [-0.1, -0.05) is 32.0 Å². The van der Waals surface area contributed by atoms with E-state index in [4.69, 9.17) is 0 Å². The molecule has 0 bridgehead atoms. The summed E-state index contributed by atoms with van der Waals surface area (Å²) in [6, 6.07) is 7.54. The van der Waals surface area contributed by atoms with Gasteiger partial charge in [0.15, 0.2) is 5.78 Å². The van der Waals surface area contributed by atoms with Crippen molar-refractivity contribution in [3.05, 3.63) is 42.2 Å². The third-order valence-electron chi connectivity index (χ3n) is 2.44. The highest BCUT2D eigenvalue weighted by Gasteiger charge is 2.11. The van der Waals surface area contributed by atoms with Crippen LogP contribution in [-0.4, -0.2) is 15.8 Å². The van der Waals surface area contributed by atoms with E-state index in [1.807, 2.05) is 38.1 Å². The maximum atomic E-state index is 11.8. The van der Waals surface area contributed by atoms with Crippen LogP contribution in [0, 0.1) is 5.92 Å². The summed E-state index contributed by atoms with van der Waals surface area (Å²) >= 11 is 0. The van der Waals surface area contributed by atoms with Gasteiger partial charge in [0.25, 0.3) is 0 Å². The molecule has 0 atom stereocenters. The number of imidazole rings is 1. The normalized spacial score (nSPS) is 10.7. The molecule has 84 valence electrons. The second-order valence-electron chi connectivity index (χ2n) is 4.04. The zero-order valence-corrected chi connectivity index (χ0v) is 9.40. The number of Topliss-reactive ketones (excluding diaryl/α,β-unsaturated/α-hetero) is 1. The molecule has 16 heavy (non-hydrogen) atoms. The summed E-state index contributed by atoms with van der Waals surface area (Å²) in [5.41, 5.74) is 1.68. The number of nitrogens with zero attached hydrogens (tertiary/aromatic N) is 1. The molecular weight excluding hydrogens is 200 g/mol.